The summed E-state index contributed by atoms with van der Waals surface area (Å²) in [6.45, 7) is 6.58. The number of aryl methyl sites for hydroxylation is 1. The van der Waals surface area contributed by atoms with E-state index in [1.807, 2.05) is 24.3 Å². The van der Waals surface area contributed by atoms with Gasteiger partial charge in [0, 0.05) is 5.56 Å². The minimum Gasteiger partial charge on any atom is -0.206 e. The number of rotatable bonds is 7. The maximum absolute atomic E-state index is 14.7. The molecule has 3 rings (SSSR count). The second-order valence-electron chi connectivity index (χ2n) is 9.34. The molecule has 0 bridgehead atoms. The molecule has 0 aliphatic heterocycles. The molecule has 1 atom stereocenters. The first-order chi connectivity index (χ1) is 15.0. The van der Waals surface area contributed by atoms with Crippen LogP contribution in [0, 0.1) is 41.2 Å². The van der Waals surface area contributed by atoms with Gasteiger partial charge in [0.2, 0.25) is 0 Å². The summed E-state index contributed by atoms with van der Waals surface area (Å²) in [6.07, 6.45) is 10.8. The van der Waals surface area contributed by atoms with Crippen LogP contribution in [0.25, 0.3) is 0 Å². The van der Waals surface area contributed by atoms with Gasteiger partial charge in [0.05, 0.1) is 5.56 Å². The maximum Gasteiger partial charge on any atom is 0.142 e. The van der Waals surface area contributed by atoms with Crippen LogP contribution in [0.3, 0.4) is 0 Å². The molecule has 2 aromatic carbocycles. The molecular weight excluding hydrogens is 386 g/mol. The summed E-state index contributed by atoms with van der Waals surface area (Å²) in [7, 11) is 0. The van der Waals surface area contributed by atoms with E-state index in [0.29, 0.717) is 11.8 Å². The van der Waals surface area contributed by atoms with Crippen molar-refractivity contribution in [2.45, 2.75) is 78.6 Å². The first kappa shape index (κ1) is 23.5. The minimum absolute atomic E-state index is 0.132. The average molecular weight is 423 g/mol. The Morgan fingerprint density at radius 1 is 0.903 bits per heavy atom. The molecule has 0 radical (unpaired) electrons. The van der Waals surface area contributed by atoms with E-state index in [2.05, 4.69) is 32.6 Å². The van der Waals surface area contributed by atoms with Gasteiger partial charge in [0.25, 0.3) is 0 Å². The SMILES string of the molecule is CCCCC1CCC(C(C)Cc2cc(F)c(C#Cc3ccc(CC)cc3)c(F)c2)CC1. The van der Waals surface area contributed by atoms with Crippen LogP contribution < -0.4 is 0 Å². The van der Waals surface area contributed by atoms with Crippen molar-refractivity contribution >= 4 is 0 Å². The summed E-state index contributed by atoms with van der Waals surface area (Å²) in [4.78, 5) is 0. The monoisotopic (exact) mass is 422 g/mol. The predicted octanol–water partition coefficient (Wildman–Crippen LogP) is 8.10. The van der Waals surface area contributed by atoms with Crippen molar-refractivity contribution < 1.29 is 8.78 Å². The Balaban J connectivity index is 1.62. The maximum atomic E-state index is 14.7. The number of halogens is 2. The van der Waals surface area contributed by atoms with Crippen molar-refractivity contribution in [2.75, 3.05) is 0 Å². The zero-order chi connectivity index (χ0) is 22.2. The summed E-state index contributed by atoms with van der Waals surface area (Å²) in [5.74, 6) is 6.48. The van der Waals surface area contributed by atoms with Crippen molar-refractivity contribution in [3.8, 4) is 11.8 Å². The Kier molecular flexibility index (Phi) is 8.70. The Bertz CT molecular complexity index is 870. The van der Waals surface area contributed by atoms with Gasteiger partial charge in [-0.15, -0.1) is 0 Å². The van der Waals surface area contributed by atoms with Crippen LogP contribution in [0.1, 0.15) is 88.0 Å². The smallest absolute Gasteiger partial charge is 0.142 e. The van der Waals surface area contributed by atoms with Gasteiger partial charge in [-0.05, 0) is 78.8 Å². The number of unbranched alkanes of at least 4 members (excludes halogenated alkanes) is 1. The molecule has 166 valence electrons. The van der Waals surface area contributed by atoms with Crippen LogP contribution in [0.5, 0.6) is 0 Å². The second kappa shape index (κ2) is 11.5. The van der Waals surface area contributed by atoms with Gasteiger partial charge in [0.15, 0.2) is 0 Å². The van der Waals surface area contributed by atoms with Gasteiger partial charge in [-0.1, -0.05) is 76.8 Å². The second-order valence-corrected chi connectivity index (χ2v) is 9.34. The lowest BCUT2D eigenvalue weighted by molar-refractivity contribution is 0.204. The Hall–Kier alpha value is -2.14. The van der Waals surface area contributed by atoms with E-state index in [9.17, 15) is 8.78 Å². The highest BCUT2D eigenvalue weighted by Crippen LogP contribution is 2.37. The lowest BCUT2D eigenvalue weighted by atomic mass is 9.73. The molecular formula is C29H36F2. The van der Waals surface area contributed by atoms with Crippen LogP contribution in [-0.4, -0.2) is 0 Å². The van der Waals surface area contributed by atoms with Crippen LogP contribution >= 0.6 is 0 Å². The van der Waals surface area contributed by atoms with Gasteiger partial charge >= 0.3 is 0 Å². The lowest BCUT2D eigenvalue weighted by Gasteiger charge is -2.32. The molecule has 0 N–H and O–H groups in total. The van der Waals surface area contributed by atoms with Crippen molar-refractivity contribution in [2.24, 2.45) is 17.8 Å². The molecule has 0 amide bonds. The highest BCUT2D eigenvalue weighted by Gasteiger charge is 2.25. The summed E-state index contributed by atoms with van der Waals surface area (Å²) < 4.78 is 29.3. The van der Waals surface area contributed by atoms with Gasteiger partial charge in [-0.25, -0.2) is 8.78 Å². The van der Waals surface area contributed by atoms with E-state index in [-0.39, 0.29) is 5.56 Å². The molecule has 0 aromatic heterocycles. The molecule has 1 saturated carbocycles. The molecule has 1 aliphatic carbocycles. The Morgan fingerprint density at radius 3 is 2.13 bits per heavy atom. The van der Waals surface area contributed by atoms with E-state index in [4.69, 9.17) is 0 Å². The zero-order valence-corrected chi connectivity index (χ0v) is 19.3. The molecule has 1 unspecified atom stereocenters. The molecule has 2 aromatic rings. The van der Waals surface area contributed by atoms with Crippen LogP contribution in [0.4, 0.5) is 8.78 Å². The third kappa shape index (κ3) is 6.67. The molecule has 0 nitrogen and oxygen atoms in total. The third-order valence-corrected chi connectivity index (χ3v) is 7.02. The molecule has 1 fully saturated rings. The number of hydrogen-bond donors (Lipinski definition) is 0. The van der Waals surface area contributed by atoms with Gasteiger partial charge < -0.3 is 0 Å². The lowest BCUT2D eigenvalue weighted by Crippen LogP contribution is -2.21. The standard InChI is InChI=1S/C29H36F2/c1-4-6-7-23-12-15-26(16-13-23)21(3)18-25-19-28(30)27(29(31)20-25)17-14-24-10-8-22(5-2)9-11-24/h8-11,19-21,23,26H,4-7,12-13,15-16,18H2,1-3H3. The molecule has 2 heteroatoms. The quantitative estimate of drug-likeness (QED) is 0.395. The number of hydrogen-bond acceptors (Lipinski definition) is 0. The van der Waals surface area contributed by atoms with Crippen LogP contribution in [0.2, 0.25) is 0 Å². The Labute approximate surface area is 187 Å². The predicted molar refractivity (Wildman–Crippen MR) is 126 cm³/mol. The van der Waals surface area contributed by atoms with Crippen molar-refractivity contribution in [1.82, 2.24) is 0 Å². The van der Waals surface area contributed by atoms with E-state index in [1.165, 1.54) is 62.6 Å². The molecule has 0 saturated heterocycles. The van der Waals surface area contributed by atoms with Crippen LogP contribution in [-0.2, 0) is 12.8 Å². The van der Waals surface area contributed by atoms with E-state index >= 15 is 0 Å². The highest BCUT2D eigenvalue weighted by atomic mass is 19.1. The van der Waals surface area contributed by atoms with E-state index < -0.39 is 11.6 Å². The first-order valence-corrected chi connectivity index (χ1v) is 12.1. The summed E-state index contributed by atoms with van der Waals surface area (Å²) in [6, 6.07) is 10.8. The summed E-state index contributed by atoms with van der Waals surface area (Å²) in [5, 5.41) is 0. The topological polar surface area (TPSA) is 0 Å². The number of benzene rings is 2. The Morgan fingerprint density at radius 2 is 1.55 bits per heavy atom. The molecule has 0 heterocycles. The minimum atomic E-state index is -0.553. The fourth-order valence-electron chi connectivity index (χ4n) is 4.90. The summed E-state index contributed by atoms with van der Waals surface area (Å²) >= 11 is 0. The average Bonchev–Trinajstić information content (AvgIpc) is 2.78. The van der Waals surface area contributed by atoms with E-state index in [1.54, 1.807) is 0 Å². The van der Waals surface area contributed by atoms with Crippen LogP contribution in [0.15, 0.2) is 36.4 Å². The van der Waals surface area contributed by atoms with E-state index in [0.717, 1.165) is 29.9 Å². The van der Waals surface area contributed by atoms with Crippen molar-refractivity contribution in [3.63, 3.8) is 0 Å². The van der Waals surface area contributed by atoms with Crippen molar-refractivity contribution in [1.29, 1.82) is 0 Å². The van der Waals surface area contributed by atoms with Gasteiger partial charge in [-0.3, -0.25) is 0 Å². The zero-order valence-electron chi connectivity index (χ0n) is 19.3. The first-order valence-electron chi connectivity index (χ1n) is 12.1. The fourth-order valence-corrected chi connectivity index (χ4v) is 4.90. The molecule has 31 heavy (non-hydrogen) atoms. The van der Waals surface area contributed by atoms with Gasteiger partial charge in [0.1, 0.15) is 11.6 Å². The normalized spacial score (nSPS) is 19.5. The largest absolute Gasteiger partial charge is 0.206 e. The fraction of sp³-hybridized carbons (Fsp3) is 0.517. The third-order valence-electron chi connectivity index (χ3n) is 7.02. The van der Waals surface area contributed by atoms with Crippen molar-refractivity contribution in [3.05, 3.63) is 70.3 Å². The summed E-state index contributed by atoms with van der Waals surface area (Å²) in [5.41, 5.74) is 2.60. The highest BCUT2D eigenvalue weighted by molar-refractivity contribution is 5.45. The molecule has 1 aliphatic rings. The van der Waals surface area contributed by atoms with Gasteiger partial charge in [-0.2, -0.15) is 0 Å². The molecule has 0 spiro atoms.